The molecule has 0 saturated carbocycles. The molecule has 11 heteroatoms. The summed E-state index contributed by atoms with van der Waals surface area (Å²) in [4.78, 5) is 65.2. The van der Waals surface area contributed by atoms with Crippen molar-refractivity contribution in [2.24, 2.45) is 5.92 Å². The molecule has 2 aromatic carbocycles. The molecule has 2 N–H and O–H groups in total. The maximum Gasteiger partial charge on any atom is 0.353 e. The van der Waals surface area contributed by atoms with Crippen molar-refractivity contribution in [3.8, 4) is 0 Å². The second kappa shape index (κ2) is 10.8. The number of carbonyl (C=O) groups is 5. The van der Waals surface area contributed by atoms with Gasteiger partial charge in [-0.3, -0.25) is 29.4 Å². The Morgan fingerprint density at radius 1 is 1.05 bits per heavy atom. The van der Waals surface area contributed by atoms with E-state index in [1.807, 2.05) is 38.1 Å². The lowest BCUT2D eigenvalue weighted by molar-refractivity contribution is -0.141. The summed E-state index contributed by atoms with van der Waals surface area (Å²) in [6.45, 7) is 3.22. The van der Waals surface area contributed by atoms with E-state index < -0.39 is 52.1 Å². The fourth-order valence-electron chi connectivity index (χ4n) is 4.48. The topological polar surface area (TPSA) is 147 Å². The van der Waals surface area contributed by atoms with Gasteiger partial charge in [-0.05, 0) is 41.7 Å². The first-order chi connectivity index (χ1) is 17.6. The van der Waals surface area contributed by atoms with Crippen LogP contribution >= 0.6 is 0 Å². The number of nitrogens with zero attached hydrogens (tertiary/aromatic N) is 2. The molecule has 3 atom stereocenters. The molecule has 0 fully saturated rings. The molecule has 0 aliphatic carbocycles. The van der Waals surface area contributed by atoms with Crippen molar-refractivity contribution in [3.05, 3.63) is 59.1 Å². The molecule has 3 amide bonds. The quantitative estimate of drug-likeness (QED) is 0.373. The van der Waals surface area contributed by atoms with E-state index in [1.54, 1.807) is 12.1 Å². The molecule has 2 heterocycles. The third-order valence-corrected chi connectivity index (χ3v) is 7.30. The van der Waals surface area contributed by atoms with Crippen LogP contribution in [0.3, 0.4) is 0 Å². The van der Waals surface area contributed by atoms with E-state index in [4.69, 9.17) is 0 Å². The Morgan fingerprint density at radius 2 is 1.65 bits per heavy atom. The highest BCUT2D eigenvalue weighted by Crippen LogP contribution is 2.28. The number of rotatable bonds is 9. The van der Waals surface area contributed by atoms with Gasteiger partial charge < -0.3 is 14.6 Å². The Kier molecular flexibility index (Phi) is 7.76. The van der Waals surface area contributed by atoms with Crippen LogP contribution in [0.4, 0.5) is 0 Å². The van der Waals surface area contributed by atoms with Crippen LogP contribution in [0.15, 0.2) is 48.0 Å². The highest BCUT2D eigenvalue weighted by atomic mass is 32.2. The summed E-state index contributed by atoms with van der Waals surface area (Å²) in [5.74, 6) is -2.73. The molecule has 0 radical (unpaired) electrons. The zero-order valence-electron chi connectivity index (χ0n) is 20.4. The molecule has 2 aliphatic rings. The van der Waals surface area contributed by atoms with Crippen molar-refractivity contribution >= 4 is 50.8 Å². The van der Waals surface area contributed by atoms with Crippen molar-refractivity contribution < 1.29 is 33.6 Å². The lowest BCUT2D eigenvalue weighted by Gasteiger charge is -2.29. The molecule has 1 unspecified atom stereocenters. The molecule has 194 valence electrons. The van der Waals surface area contributed by atoms with Gasteiger partial charge in [-0.25, -0.2) is 4.79 Å². The SMILES string of the molecule is CC(C)C[C@H](N[C@H](CCN1C(=O)c2cc3ccccc3cc2C1=O)C(=O)O)C(=O)N1C=C[S+]([O-])C(=O)C1. The monoisotopic (exact) mass is 525 g/mol. The van der Waals surface area contributed by atoms with Crippen molar-refractivity contribution in [2.75, 3.05) is 13.1 Å². The smallest absolute Gasteiger partial charge is 0.353 e. The lowest BCUT2D eigenvalue weighted by atomic mass is 10.0. The van der Waals surface area contributed by atoms with Crippen LogP contribution in [0.5, 0.6) is 0 Å². The van der Waals surface area contributed by atoms with Crippen molar-refractivity contribution in [2.45, 2.75) is 38.8 Å². The number of hydrogen-bond acceptors (Lipinski definition) is 7. The van der Waals surface area contributed by atoms with Gasteiger partial charge in [0.25, 0.3) is 11.8 Å². The predicted octanol–water partition coefficient (Wildman–Crippen LogP) is 1.87. The highest BCUT2D eigenvalue weighted by Gasteiger charge is 2.38. The van der Waals surface area contributed by atoms with E-state index in [9.17, 15) is 33.6 Å². The van der Waals surface area contributed by atoms with Gasteiger partial charge in [0.05, 0.1) is 34.5 Å². The number of carboxylic acids is 1. The van der Waals surface area contributed by atoms with Crippen LogP contribution < -0.4 is 5.32 Å². The first-order valence-electron chi connectivity index (χ1n) is 11.9. The Hall–Kier alpha value is -3.54. The van der Waals surface area contributed by atoms with E-state index in [0.29, 0.717) is 0 Å². The minimum Gasteiger partial charge on any atom is -0.605 e. The van der Waals surface area contributed by atoms with E-state index in [0.717, 1.165) is 26.0 Å². The number of nitrogens with one attached hydrogen (secondary N) is 1. The number of fused-ring (bicyclic) bond motifs is 2. The molecule has 0 spiro atoms. The van der Waals surface area contributed by atoms with Crippen molar-refractivity contribution in [3.63, 3.8) is 0 Å². The molecular formula is C26H27N3O7S. The summed E-state index contributed by atoms with van der Waals surface area (Å²) in [6.07, 6.45) is 1.43. The van der Waals surface area contributed by atoms with Gasteiger partial charge in [-0.15, -0.1) is 0 Å². The zero-order chi connectivity index (χ0) is 26.9. The summed E-state index contributed by atoms with van der Waals surface area (Å²) in [6, 6.07) is 8.49. The fraction of sp³-hybridized carbons (Fsp3) is 0.346. The third kappa shape index (κ3) is 5.58. The van der Waals surface area contributed by atoms with Crippen LogP contribution in [-0.2, 0) is 25.6 Å². The maximum absolute atomic E-state index is 13.1. The first-order valence-corrected chi connectivity index (χ1v) is 13.1. The Bertz CT molecular complexity index is 1250. The highest BCUT2D eigenvalue weighted by molar-refractivity contribution is 8.08. The van der Waals surface area contributed by atoms with Crippen molar-refractivity contribution in [1.29, 1.82) is 0 Å². The van der Waals surface area contributed by atoms with Crippen LogP contribution in [0.1, 0.15) is 47.4 Å². The number of hydrogen-bond donors (Lipinski definition) is 2. The standard InChI is InChI=1S/C26H27N3O7S/c1-15(2)11-21(25(33)28-9-10-37(36)22(30)14-28)27-20(26(34)35)7-8-29-23(31)18-12-16-5-3-4-6-17(16)13-19(18)24(29)32/h3-6,9-10,12-13,15,20-21,27H,7-8,11,14H2,1-2H3,(H,34,35)/t20-,21+,37?/m1/s1. The molecule has 37 heavy (non-hydrogen) atoms. The van der Waals surface area contributed by atoms with Gasteiger partial charge in [0, 0.05) is 6.54 Å². The lowest BCUT2D eigenvalue weighted by Crippen LogP contribution is -2.53. The van der Waals surface area contributed by atoms with Crippen LogP contribution in [0.2, 0.25) is 0 Å². The van der Waals surface area contributed by atoms with Gasteiger partial charge in [-0.2, -0.15) is 0 Å². The molecule has 0 aromatic heterocycles. The van der Waals surface area contributed by atoms with Gasteiger partial charge in [0.1, 0.15) is 18.0 Å². The molecule has 0 saturated heterocycles. The van der Waals surface area contributed by atoms with E-state index in [1.165, 1.54) is 6.20 Å². The van der Waals surface area contributed by atoms with Gasteiger partial charge >= 0.3 is 11.1 Å². The average Bonchev–Trinajstić information content (AvgIpc) is 3.09. The predicted molar refractivity (Wildman–Crippen MR) is 136 cm³/mol. The summed E-state index contributed by atoms with van der Waals surface area (Å²) >= 11 is -1.80. The Morgan fingerprint density at radius 3 is 2.16 bits per heavy atom. The summed E-state index contributed by atoms with van der Waals surface area (Å²) in [5.41, 5.74) is 0.547. The van der Waals surface area contributed by atoms with Crippen LogP contribution in [0.25, 0.3) is 10.8 Å². The Balaban J connectivity index is 1.48. The number of carboxylic acid groups (broad SMARTS) is 1. The third-order valence-electron chi connectivity index (χ3n) is 6.36. The first kappa shape index (κ1) is 26.5. The molecule has 2 aromatic rings. The number of aliphatic carboxylic acids is 1. The molecule has 0 bridgehead atoms. The number of benzene rings is 2. The van der Waals surface area contributed by atoms with E-state index in [2.05, 4.69) is 5.32 Å². The van der Waals surface area contributed by atoms with Gasteiger partial charge in [-0.1, -0.05) is 38.1 Å². The molecule has 2 aliphatic heterocycles. The van der Waals surface area contributed by atoms with Crippen LogP contribution in [0, 0.1) is 5.92 Å². The minimum absolute atomic E-state index is 0.0138. The van der Waals surface area contributed by atoms with E-state index >= 15 is 0 Å². The van der Waals surface area contributed by atoms with Gasteiger partial charge in [0.2, 0.25) is 5.91 Å². The zero-order valence-corrected chi connectivity index (χ0v) is 21.2. The normalized spacial score (nSPS) is 19.0. The molecular weight excluding hydrogens is 498 g/mol. The number of imide groups is 1. The Labute approximate surface area is 216 Å². The largest absolute Gasteiger partial charge is 0.605 e. The second-order valence-electron chi connectivity index (χ2n) is 9.46. The van der Waals surface area contributed by atoms with Crippen LogP contribution in [-0.4, -0.2) is 73.4 Å². The summed E-state index contributed by atoms with van der Waals surface area (Å²) in [7, 11) is 0. The minimum atomic E-state index is -1.80. The fourth-order valence-corrected chi connectivity index (χ4v) is 5.16. The van der Waals surface area contributed by atoms with Gasteiger partial charge in [0.15, 0.2) is 0 Å². The van der Waals surface area contributed by atoms with E-state index in [-0.39, 0.29) is 43.0 Å². The average molecular weight is 526 g/mol. The molecule has 4 rings (SSSR count). The summed E-state index contributed by atoms with van der Waals surface area (Å²) in [5, 5.41) is 14.8. The maximum atomic E-state index is 13.1. The molecule has 10 nitrogen and oxygen atoms in total. The summed E-state index contributed by atoms with van der Waals surface area (Å²) < 4.78 is 11.6. The second-order valence-corrected chi connectivity index (χ2v) is 10.8. The van der Waals surface area contributed by atoms with Crippen molar-refractivity contribution in [1.82, 2.24) is 15.1 Å². The number of amides is 3. The number of carbonyl (C=O) groups excluding carboxylic acids is 4.